The highest BCUT2D eigenvalue weighted by atomic mass is 16.6. The molecule has 5 rings (SSSR count). The second kappa shape index (κ2) is 10.0. The van der Waals surface area contributed by atoms with Crippen LogP contribution in [0.1, 0.15) is 42.4 Å². The number of hydrogen-bond acceptors (Lipinski definition) is 8. The van der Waals surface area contributed by atoms with Crippen LogP contribution in [0.15, 0.2) is 80.6 Å². The normalized spacial score (nSPS) is 20.2. The third-order valence-electron chi connectivity index (χ3n) is 6.33. The smallest absolute Gasteiger partial charge is 0.311 e. The van der Waals surface area contributed by atoms with Crippen molar-refractivity contribution < 1.29 is 28.1 Å². The fourth-order valence-electron chi connectivity index (χ4n) is 4.74. The van der Waals surface area contributed by atoms with E-state index >= 15 is 0 Å². The van der Waals surface area contributed by atoms with Crippen LogP contribution >= 0.6 is 0 Å². The molecule has 3 aromatic rings. The highest BCUT2D eigenvalue weighted by Gasteiger charge is 2.45. The van der Waals surface area contributed by atoms with E-state index in [1.54, 1.807) is 30.7 Å². The van der Waals surface area contributed by atoms with Crippen LogP contribution in [-0.2, 0) is 20.7 Å². The van der Waals surface area contributed by atoms with Gasteiger partial charge < -0.3 is 13.6 Å². The lowest BCUT2D eigenvalue weighted by Crippen LogP contribution is -2.34. The van der Waals surface area contributed by atoms with Crippen LogP contribution in [0.5, 0.6) is 0 Å². The molecule has 0 N–H and O–H groups in total. The van der Waals surface area contributed by atoms with Crippen molar-refractivity contribution in [3.8, 4) is 0 Å². The van der Waals surface area contributed by atoms with Gasteiger partial charge in [-0.05, 0) is 55.2 Å². The van der Waals surface area contributed by atoms with Gasteiger partial charge in [-0.3, -0.25) is 19.7 Å². The number of nitrogens with zero attached hydrogens (tertiary/aromatic N) is 3. The Hall–Kier alpha value is -4.47. The van der Waals surface area contributed by atoms with E-state index in [-0.39, 0.29) is 23.6 Å². The second-order valence-electron chi connectivity index (χ2n) is 8.59. The average Bonchev–Trinajstić information content (AvgIpc) is 3.64. The first kappa shape index (κ1) is 23.3. The monoisotopic (exact) mass is 489 g/mol. The molecule has 2 atom stereocenters. The third-order valence-corrected chi connectivity index (χ3v) is 6.33. The largest absolute Gasteiger partial charge is 0.467 e. The third kappa shape index (κ3) is 4.70. The maximum absolute atomic E-state index is 13.2. The van der Waals surface area contributed by atoms with Crippen molar-refractivity contribution in [2.24, 2.45) is 11.0 Å². The van der Waals surface area contributed by atoms with Crippen molar-refractivity contribution >= 4 is 29.4 Å². The van der Waals surface area contributed by atoms with E-state index in [1.807, 2.05) is 18.2 Å². The van der Waals surface area contributed by atoms with Gasteiger partial charge in [-0.2, -0.15) is 5.10 Å². The van der Waals surface area contributed by atoms with Crippen molar-refractivity contribution in [1.29, 1.82) is 0 Å². The molecular formula is C26H23N3O7. The van der Waals surface area contributed by atoms with Gasteiger partial charge in [0, 0.05) is 17.5 Å². The lowest BCUT2D eigenvalue weighted by atomic mass is 9.79. The summed E-state index contributed by atoms with van der Waals surface area (Å²) in [6.45, 7) is -0.544. The lowest BCUT2D eigenvalue weighted by molar-refractivity contribution is -0.385. The minimum Gasteiger partial charge on any atom is -0.467 e. The summed E-state index contributed by atoms with van der Waals surface area (Å²) in [5.74, 6) is -0.0200. The van der Waals surface area contributed by atoms with E-state index in [0.717, 1.165) is 30.5 Å². The Morgan fingerprint density at radius 2 is 1.94 bits per heavy atom. The lowest BCUT2D eigenvalue weighted by Gasteiger charge is -2.27. The first-order valence-corrected chi connectivity index (χ1v) is 11.6. The molecule has 0 radical (unpaired) electrons. The number of ether oxygens (including phenoxy) is 1. The molecule has 184 valence electrons. The molecule has 0 bridgehead atoms. The van der Waals surface area contributed by atoms with Crippen LogP contribution in [0.4, 0.5) is 5.69 Å². The van der Waals surface area contributed by atoms with Gasteiger partial charge in [-0.15, -0.1) is 0 Å². The molecule has 1 aliphatic heterocycles. The van der Waals surface area contributed by atoms with Crippen molar-refractivity contribution in [2.45, 2.75) is 31.7 Å². The van der Waals surface area contributed by atoms with E-state index in [9.17, 15) is 19.7 Å². The number of rotatable bonds is 7. The zero-order valence-corrected chi connectivity index (χ0v) is 19.2. The standard InChI is InChI=1S/C26H23N3O7/c30-23(16-36-24(31)15-17-6-1-2-10-21(17)29(32)33)28-26(22-11-5-13-35-22)20-9-3-7-18(25(20)27-28)14-19-8-4-12-34-19/h1-2,4-6,8,10-14,20,26H,3,7,9,15-16H2. The number of allylic oxidation sites excluding steroid dienone is 1. The molecule has 3 heterocycles. The molecule has 10 heteroatoms. The average molecular weight is 489 g/mol. The van der Waals surface area contributed by atoms with Crippen LogP contribution in [0.2, 0.25) is 0 Å². The number of carbonyl (C=O) groups is 2. The van der Waals surface area contributed by atoms with Crippen molar-refractivity contribution in [3.63, 3.8) is 0 Å². The van der Waals surface area contributed by atoms with Crippen LogP contribution in [0.3, 0.4) is 0 Å². The van der Waals surface area contributed by atoms with Crippen molar-refractivity contribution in [2.75, 3.05) is 6.61 Å². The van der Waals surface area contributed by atoms with Gasteiger partial charge >= 0.3 is 5.97 Å². The summed E-state index contributed by atoms with van der Waals surface area (Å²) in [4.78, 5) is 36.3. The Balaban J connectivity index is 1.34. The summed E-state index contributed by atoms with van der Waals surface area (Å²) in [7, 11) is 0. The minimum absolute atomic E-state index is 0.0715. The van der Waals surface area contributed by atoms with Gasteiger partial charge in [-0.25, -0.2) is 5.01 Å². The summed E-state index contributed by atoms with van der Waals surface area (Å²) in [6.07, 6.45) is 7.30. The van der Waals surface area contributed by atoms with Gasteiger partial charge in [0.2, 0.25) is 0 Å². The Labute approximate surface area is 206 Å². The number of fused-ring (bicyclic) bond motifs is 1. The first-order chi connectivity index (χ1) is 17.5. The Morgan fingerprint density at radius 1 is 1.14 bits per heavy atom. The summed E-state index contributed by atoms with van der Waals surface area (Å²) in [6, 6.07) is 12.7. The maximum Gasteiger partial charge on any atom is 0.311 e. The van der Waals surface area contributed by atoms with Gasteiger partial charge in [0.25, 0.3) is 11.6 Å². The number of hydrazone groups is 1. The first-order valence-electron chi connectivity index (χ1n) is 11.6. The fraction of sp³-hybridized carbons (Fsp3) is 0.269. The second-order valence-corrected chi connectivity index (χ2v) is 8.59. The Bertz CT molecular complexity index is 1330. The molecular weight excluding hydrogens is 466 g/mol. The van der Waals surface area contributed by atoms with Crippen LogP contribution in [0.25, 0.3) is 6.08 Å². The predicted octanol–water partition coefficient (Wildman–Crippen LogP) is 4.69. The molecule has 2 aliphatic rings. The number of hydrogen-bond donors (Lipinski definition) is 0. The number of nitro benzene ring substituents is 1. The maximum atomic E-state index is 13.2. The summed E-state index contributed by atoms with van der Waals surface area (Å²) >= 11 is 0. The zero-order valence-electron chi connectivity index (χ0n) is 19.2. The highest BCUT2D eigenvalue weighted by Crippen LogP contribution is 2.44. The number of furan rings is 2. The summed E-state index contributed by atoms with van der Waals surface area (Å²) < 4.78 is 16.3. The molecule has 1 aromatic carbocycles. The Kier molecular flexibility index (Phi) is 6.48. The molecule has 0 spiro atoms. The molecule has 2 unspecified atom stereocenters. The number of amides is 1. The van der Waals surface area contributed by atoms with E-state index in [1.165, 1.54) is 23.2 Å². The topological polar surface area (TPSA) is 128 Å². The quantitative estimate of drug-likeness (QED) is 0.267. The van der Waals surface area contributed by atoms with Crippen molar-refractivity contribution in [1.82, 2.24) is 5.01 Å². The molecule has 2 aromatic heterocycles. The van der Waals surface area contributed by atoms with E-state index in [2.05, 4.69) is 5.10 Å². The highest BCUT2D eigenvalue weighted by molar-refractivity contribution is 6.08. The zero-order chi connectivity index (χ0) is 25.1. The van der Waals surface area contributed by atoms with Crippen molar-refractivity contribution in [3.05, 3.63) is 93.8 Å². The number of para-hydroxylation sites is 1. The SMILES string of the molecule is O=C(Cc1ccccc1[N+](=O)[O-])OCC(=O)N1N=C2C(=Cc3ccco3)CCCC2C1c1ccco1. The molecule has 1 fully saturated rings. The number of carbonyl (C=O) groups excluding carboxylic acids is 2. The summed E-state index contributed by atoms with van der Waals surface area (Å²) in [5.41, 5.74) is 1.82. The summed E-state index contributed by atoms with van der Waals surface area (Å²) in [5, 5.41) is 17.2. The predicted molar refractivity (Wildman–Crippen MR) is 128 cm³/mol. The van der Waals surface area contributed by atoms with Gasteiger partial charge in [-0.1, -0.05) is 18.2 Å². The van der Waals surface area contributed by atoms with Gasteiger partial charge in [0.1, 0.15) is 17.6 Å². The van der Waals surface area contributed by atoms with Crippen LogP contribution in [0, 0.1) is 16.0 Å². The van der Waals surface area contributed by atoms with E-state index in [0.29, 0.717) is 11.5 Å². The number of benzene rings is 1. The van der Waals surface area contributed by atoms with Gasteiger partial charge in [0.15, 0.2) is 6.61 Å². The van der Waals surface area contributed by atoms with Crippen LogP contribution < -0.4 is 0 Å². The molecule has 1 amide bonds. The van der Waals surface area contributed by atoms with E-state index in [4.69, 9.17) is 13.6 Å². The Morgan fingerprint density at radius 3 is 2.69 bits per heavy atom. The molecule has 1 aliphatic carbocycles. The molecule has 1 saturated carbocycles. The number of esters is 1. The van der Waals surface area contributed by atoms with Gasteiger partial charge in [0.05, 0.1) is 29.6 Å². The molecule has 0 saturated heterocycles. The van der Waals surface area contributed by atoms with E-state index < -0.39 is 29.4 Å². The fourth-order valence-corrected chi connectivity index (χ4v) is 4.74. The molecule has 10 nitrogen and oxygen atoms in total. The van der Waals surface area contributed by atoms with Crippen LogP contribution in [-0.4, -0.2) is 34.1 Å². The molecule has 36 heavy (non-hydrogen) atoms. The minimum atomic E-state index is -0.741. The number of nitro groups is 1.